The van der Waals surface area contributed by atoms with Gasteiger partial charge in [-0.2, -0.15) is 13.2 Å². The quantitative estimate of drug-likeness (QED) is 0.575. The van der Waals surface area contributed by atoms with Gasteiger partial charge < -0.3 is 15.4 Å². The number of nitrogens with one attached hydrogen (secondary N) is 2. The number of carbonyl (C=O) groups is 2. The second kappa shape index (κ2) is 11.1. The Morgan fingerprint density at radius 1 is 1.19 bits per heavy atom. The van der Waals surface area contributed by atoms with Gasteiger partial charge in [0.25, 0.3) is 0 Å². The van der Waals surface area contributed by atoms with E-state index in [1.54, 1.807) is 12.3 Å². The summed E-state index contributed by atoms with van der Waals surface area (Å²) in [5.74, 6) is 0.0531. The smallest absolute Gasteiger partial charge is 0.416 e. The minimum atomic E-state index is -4.39. The van der Waals surface area contributed by atoms with Gasteiger partial charge in [-0.05, 0) is 31.4 Å². The van der Waals surface area contributed by atoms with Gasteiger partial charge >= 0.3 is 12.3 Å². The largest absolute Gasteiger partial charge is 0.450 e. The number of aromatic nitrogens is 1. The molecule has 0 saturated heterocycles. The highest BCUT2D eigenvalue weighted by molar-refractivity contribution is 7.13. The van der Waals surface area contributed by atoms with E-state index in [-0.39, 0.29) is 31.5 Å². The Morgan fingerprint density at radius 2 is 1.87 bits per heavy atom. The Kier molecular flexibility index (Phi) is 8.85. The lowest BCUT2D eigenvalue weighted by molar-refractivity contribution is -0.137. The fourth-order valence-electron chi connectivity index (χ4n) is 2.89. The molecule has 170 valence electrons. The maximum absolute atomic E-state index is 12.7. The van der Waals surface area contributed by atoms with E-state index in [0.29, 0.717) is 28.6 Å². The molecule has 0 aliphatic rings. The Morgan fingerprint density at radius 3 is 2.45 bits per heavy atom. The molecular weight excluding hydrogens is 431 g/mol. The average Bonchev–Trinajstić information content (AvgIpc) is 3.13. The molecule has 2 amide bonds. The molecule has 1 aromatic heterocycles. The van der Waals surface area contributed by atoms with E-state index in [4.69, 9.17) is 4.74 Å². The number of hydrogen-bond donors (Lipinski definition) is 2. The Balaban J connectivity index is 1.92. The highest BCUT2D eigenvalue weighted by Crippen LogP contribution is 2.31. The van der Waals surface area contributed by atoms with Crippen molar-refractivity contribution in [3.63, 3.8) is 0 Å². The van der Waals surface area contributed by atoms with Gasteiger partial charge in [0.15, 0.2) is 0 Å². The first-order valence-electron chi connectivity index (χ1n) is 9.90. The summed E-state index contributed by atoms with van der Waals surface area (Å²) in [5, 5.41) is 7.77. The van der Waals surface area contributed by atoms with Crippen molar-refractivity contribution in [2.45, 2.75) is 45.8 Å². The van der Waals surface area contributed by atoms with Gasteiger partial charge in [0.1, 0.15) is 5.01 Å². The van der Waals surface area contributed by atoms with Crippen LogP contribution in [0.1, 0.15) is 38.4 Å². The van der Waals surface area contributed by atoms with Crippen molar-refractivity contribution in [2.24, 2.45) is 5.92 Å². The summed E-state index contributed by atoms with van der Waals surface area (Å²) in [5.41, 5.74) is 0.358. The molecule has 0 radical (unpaired) electrons. The molecule has 31 heavy (non-hydrogen) atoms. The maximum atomic E-state index is 12.7. The van der Waals surface area contributed by atoms with Gasteiger partial charge in [-0.1, -0.05) is 26.0 Å². The number of carbonyl (C=O) groups excluding carboxylic acids is 2. The van der Waals surface area contributed by atoms with Crippen LogP contribution < -0.4 is 10.6 Å². The van der Waals surface area contributed by atoms with Crippen LogP contribution in [0.4, 0.5) is 18.0 Å². The molecule has 0 bridgehead atoms. The average molecular weight is 458 g/mol. The first-order valence-corrected chi connectivity index (χ1v) is 10.8. The summed E-state index contributed by atoms with van der Waals surface area (Å²) >= 11 is 1.26. The lowest BCUT2D eigenvalue weighted by atomic mass is 10.0. The van der Waals surface area contributed by atoms with E-state index in [9.17, 15) is 22.8 Å². The van der Waals surface area contributed by atoms with Crippen LogP contribution in [0, 0.1) is 5.92 Å². The van der Waals surface area contributed by atoms with Crippen molar-refractivity contribution in [3.05, 3.63) is 40.9 Å². The topological polar surface area (TPSA) is 80.3 Å². The van der Waals surface area contributed by atoms with E-state index < -0.39 is 17.8 Å². The van der Waals surface area contributed by atoms with Crippen molar-refractivity contribution in [1.29, 1.82) is 0 Å². The maximum Gasteiger partial charge on any atom is 0.416 e. The SMILES string of the molecule is CCOC(=O)NC(CNC(=O)Cc1csc(-c2ccc(C(F)(F)F)cc2)n1)CC(C)C. The van der Waals surface area contributed by atoms with Crippen LogP contribution in [0.2, 0.25) is 0 Å². The predicted octanol–water partition coefficient (Wildman–Crippen LogP) is 4.65. The van der Waals surface area contributed by atoms with Crippen molar-refractivity contribution < 1.29 is 27.5 Å². The Bertz CT molecular complexity index is 867. The number of alkyl carbamates (subject to hydrolysis) is 1. The lowest BCUT2D eigenvalue weighted by Crippen LogP contribution is -2.44. The first-order chi connectivity index (χ1) is 14.6. The van der Waals surface area contributed by atoms with E-state index >= 15 is 0 Å². The lowest BCUT2D eigenvalue weighted by Gasteiger charge is -2.20. The molecule has 1 aromatic carbocycles. The second-order valence-corrected chi connectivity index (χ2v) is 8.25. The zero-order valence-corrected chi connectivity index (χ0v) is 18.4. The molecule has 0 spiro atoms. The molecule has 2 N–H and O–H groups in total. The molecule has 1 heterocycles. The summed E-state index contributed by atoms with van der Waals surface area (Å²) in [6.07, 6.45) is -4.21. The van der Waals surface area contributed by atoms with Crippen LogP contribution in [-0.4, -0.2) is 36.2 Å². The molecule has 10 heteroatoms. The number of alkyl halides is 3. The minimum Gasteiger partial charge on any atom is -0.450 e. The van der Waals surface area contributed by atoms with Gasteiger partial charge in [0.2, 0.25) is 5.91 Å². The van der Waals surface area contributed by atoms with Crippen molar-refractivity contribution in [2.75, 3.05) is 13.2 Å². The normalized spacial score (nSPS) is 12.5. The second-order valence-electron chi connectivity index (χ2n) is 7.39. The highest BCUT2D eigenvalue weighted by atomic mass is 32.1. The van der Waals surface area contributed by atoms with E-state index in [2.05, 4.69) is 15.6 Å². The molecule has 0 aliphatic heterocycles. The standard InChI is InChI=1S/C21H26F3N3O3S/c1-4-30-20(29)27-16(9-13(2)3)11-25-18(28)10-17-12-31-19(26-17)14-5-7-15(8-6-14)21(22,23)24/h5-8,12-13,16H,4,9-11H2,1-3H3,(H,25,28)(H,27,29). The van der Waals surface area contributed by atoms with Crippen LogP contribution in [-0.2, 0) is 22.1 Å². The van der Waals surface area contributed by atoms with Gasteiger partial charge in [0, 0.05) is 23.5 Å². The van der Waals surface area contributed by atoms with Crippen molar-refractivity contribution in [3.8, 4) is 10.6 Å². The summed E-state index contributed by atoms with van der Waals surface area (Å²) in [4.78, 5) is 28.3. The Labute approximate surface area is 183 Å². The van der Waals surface area contributed by atoms with Crippen LogP contribution in [0.15, 0.2) is 29.6 Å². The number of thiazole rings is 1. The zero-order valence-electron chi connectivity index (χ0n) is 17.6. The first kappa shape index (κ1) is 24.6. The van der Waals surface area contributed by atoms with E-state index in [1.807, 2.05) is 13.8 Å². The monoisotopic (exact) mass is 457 g/mol. The van der Waals surface area contributed by atoms with Crippen molar-refractivity contribution in [1.82, 2.24) is 15.6 Å². The van der Waals surface area contributed by atoms with E-state index in [0.717, 1.165) is 12.1 Å². The van der Waals surface area contributed by atoms with Gasteiger partial charge in [0.05, 0.1) is 24.3 Å². The summed E-state index contributed by atoms with van der Waals surface area (Å²) < 4.78 is 43.0. The number of hydrogen-bond acceptors (Lipinski definition) is 5. The molecule has 1 unspecified atom stereocenters. The number of rotatable bonds is 9. The van der Waals surface area contributed by atoms with Crippen LogP contribution in [0.25, 0.3) is 10.6 Å². The molecule has 2 aromatic rings. The van der Waals surface area contributed by atoms with Crippen molar-refractivity contribution >= 4 is 23.3 Å². The third kappa shape index (κ3) is 8.20. The number of amides is 2. The van der Waals surface area contributed by atoms with Gasteiger partial charge in [-0.3, -0.25) is 4.79 Å². The van der Waals surface area contributed by atoms with E-state index in [1.165, 1.54) is 23.5 Å². The summed E-state index contributed by atoms with van der Waals surface area (Å²) in [6, 6.07) is 4.48. The van der Waals surface area contributed by atoms with Crippen LogP contribution in [0.3, 0.4) is 0 Å². The highest BCUT2D eigenvalue weighted by Gasteiger charge is 2.30. The molecule has 6 nitrogen and oxygen atoms in total. The molecule has 2 rings (SSSR count). The summed E-state index contributed by atoms with van der Waals surface area (Å²) in [6.45, 7) is 6.26. The predicted molar refractivity (Wildman–Crippen MR) is 113 cm³/mol. The third-order valence-electron chi connectivity index (χ3n) is 4.25. The third-order valence-corrected chi connectivity index (χ3v) is 5.19. The van der Waals surface area contributed by atoms with Gasteiger partial charge in [-0.15, -0.1) is 11.3 Å². The fraction of sp³-hybridized carbons (Fsp3) is 0.476. The van der Waals surface area contributed by atoms with Gasteiger partial charge in [-0.25, -0.2) is 9.78 Å². The minimum absolute atomic E-state index is 0.0327. The molecule has 1 atom stereocenters. The molecule has 0 fully saturated rings. The Hall–Kier alpha value is -2.62. The fourth-order valence-corrected chi connectivity index (χ4v) is 3.71. The number of ether oxygens (including phenoxy) is 1. The number of halogens is 3. The number of nitrogens with zero attached hydrogens (tertiary/aromatic N) is 1. The zero-order chi connectivity index (χ0) is 23.0. The molecular formula is C21H26F3N3O3S. The van der Waals surface area contributed by atoms with Crippen LogP contribution in [0.5, 0.6) is 0 Å². The molecule has 0 saturated carbocycles. The summed E-state index contributed by atoms with van der Waals surface area (Å²) in [7, 11) is 0. The molecule has 0 aliphatic carbocycles. The number of benzene rings is 1. The van der Waals surface area contributed by atoms with Crippen LogP contribution >= 0.6 is 11.3 Å².